The molecule has 0 unspecified atom stereocenters. The lowest BCUT2D eigenvalue weighted by atomic mass is 10.2. The molecule has 5 nitrogen and oxygen atoms in total. The molecule has 0 spiro atoms. The van der Waals surface area contributed by atoms with E-state index in [2.05, 4.69) is 32.9 Å². The first-order valence-corrected chi connectivity index (χ1v) is 10.3. The third-order valence-electron chi connectivity index (χ3n) is 3.75. The Balaban J connectivity index is 1.87. The van der Waals surface area contributed by atoms with Gasteiger partial charge in [-0.3, -0.25) is 4.79 Å². The maximum absolute atomic E-state index is 12.3. The lowest BCUT2D eigenvalue weighted by Crippen LogP contribution is -2.19. The maximum atomic E-state index is 12.3. The van der Waals surface area contributed by atoms with Crippen LogP contribution < -0.4 is 14.8 Å². The Kier molecular flexibility index (Phi) is 6.43. The molecule has 0 bridgehead atoms. The Labute approximate surface area is 176 Å². The maximum Gasteiger partial charge on any atom is 0.264 e. The molecule has 0 atom stereocenters. The number of hydrogen-bond acceptors (Lipinski definition) is 5. The largest absolute Gasteiger partial charge is 0.492 e. The third kappa shape index (κ3) is 4.84. The number of nitrogens with one attached hydrogen (secondary N) is 1. The number of amidine groups is 1. The van der Waals surface area contributed by atoms with Crippen LogP contribution in [0.15, 0.2) is 46.3 Å². The number of methoxy groups -OCH3 is 1. The topological polar surface area (TPSA) is 59.9 Å². The van der Waals surface area contributed by atoms with E-state index in [0.29, 0.717) is 28.2 Å². The van der Waals surface area contributed by atoms with Gasteiger partial charge in [-0.15, -0.1) is 0 Å². The predicted molar refractivity (Wildman–Crippen MR) is 119 cm³/mol. The molecule has 1 amide bonds. The molecule has 1 saturated heterocycles. The molecule has 3 rings (SSSR count). The van der Waals surface area contributed by atoms with E-state index in [1.807, 2.05) is 56.3 Å². The number of hydrogen-bond donors (Lipinski definition) is 1. The summed E-state index contributed by atoms with van der Waals surface area (Å²) in [5.74, 6) is 1.20. The van der Waals surface area contributed by atoms with Gasteiger partial charge in [-0.05, 0) is 84.1 Å². The average molecular weight is 494 g/mol. The second kappa shape index (κ2) is 8.79. The van der Waals surface area contributed by atoms with Gasteiger partial charge in [0.1, 0.15) is 0 Å². The molecule has 0 radical (unpaired) electrons. The molecule has 140 valence electrons. The number of halogens is 1. The van der Waals surface area contributed by atoms with Gasteiger partial charge in [0.15, 0.2) is 16.7 Å². The number of nitrogens with zero attached hydrogens (tertiary/aromatic N) is 1. The smallest absolute Gasteiger partial charge is 0.264 e. The van der Waals surface area contributed by atoms with Gasteiger partial charge in [0.25, 0.3) is 5.91 Å². The highest BCUT2D eigenvalue weighted by Gasteiger charge is 2.24. The number of aryl methyl sites for hydroxylation is 1. The molecular formula is C20H19IN2O3S. The van der Waals surface area contributed by atoms with Gasteiger partial charge in [0, 0.05) is 0 Å². The number of benzene rings is 2. The van der Waals surface area contributed by atoms with Crippen LogP contribution in [0.25, 0.3) is 6.08 Å². The van der Waals surface area contributed by atoms with Crippen molar-refractivity contribution in [3.05, 3.63) is 56.0 Å². The van der Waals surface area contributed by atoms with Gasteiger partial charge in [-0.1, -0.05) is 17.7 Å². The summed E-state index contributed by atoms with van der Waals surface area (Å²) >= 11 is 3.52. The summed E-state index contributed by atoms with van der Waals surface area (Å²) in [6.45, 7) is 4.48. The number of thioether (sulfide) groups is 1. The molecule has 2 aromatic rings. The quantitative estimate of drug-likeness (QED) is 0.475. The van der Waals surface area contributed by atoms with Crippen LogP contribution in [0.5, 0.6) is 11.5 Å². The number of ether oxygens (including phenoxy) is 2. The monoisotopic (exact) mass is 494 g/mol. The van der Waals surface area contributed by atoms with Gasteiger partial charge in [0.05, 0.1) is 27.9 Å². The molecule has 2 aromatic carbocycles. The second-order valence-electron chi connectivity index (χ2n) is 5.78. The number of amides is 1. The third-order valence-corrected chi connectivity index (χ3v) is 5.46. The highest BCUT2D eigenvalue weighted by Crippen LogP contribution is 2.36. The Morgan fingerprint density at radius 1 is 1.26 bits per heavy atom. The van der Waals surface area contributed by atoms with E-state index in [0.717, 1.165) is 14.8 Å². The van der Waals surface area contributed by atoms with Crippen LogP contribution in [-0.4, -0.2) is 24.8 Å². The minimum absolute atomic E-state index is 0.158. The zero-order chi connectivity index (χ0) is 19.4. The normalized spacial score (nSPS) is 16.7. The van der Waals surface area contributed by atoms with Crippen LogP contribution in [0.3, 0.4) is 0 Å². The summed E-state index contributed by atoms with van der Waals surface area (Å²) in [5.41, 5.74) is 2.85. The summed E-state index contributed by atoms with van der Waals surface area (Å²) in [4.78, 5) is 17.4. The number of rotatable bonds is 5. The van der Waals surface area contributed by atoms with Crippen molar-refractivity contribution in [2.45, 2.75) is 13.8 Å². The molecular weight excluding hydrogens is 475 g/mol. The van der Waals surface area contributed by atoms with E-state index in [1.54, 1.807) is 7.11 Å². The second-order valence-corrected chi connectivity index (χ2v) is 7.98. The summed E-state index contributed by atoms with van der Waals surface area (Å²) < 4.78 is 12.0. The summed E-state index contributed by atoms with van der Waals surface area (Å²) in [6, 6.07) is 11.7. The first-order valence-electron chi connectivity index (χ1n) is 8.36. The Morgan fingerprint density at radius 2 is 2.00 bits per heavy atom. The van der Waals surface area contributed by atoms with Crippen molar-refractivity contribution in [3.8, 4) is 11.5 Å². The molecule has 0 aromatic heterocycles. The standard InChI is InChI=1S/C20H19IN2O3S/c1-4-26-16-10-13(9-15(21)18(16)25-3)11-17-19(24)23-20(27-17)22-14-7-5-12(2)6-8-14/h5-11H,4H2,1-3H3,(H,22,23,24)/b17-11-. The highest BCUT2D eigenvalue weighted by molar-refractivity contribution is 14.1. The fourth-order valence-electron chi connectivity index (χ4n) is 2.50. The van der Waals surface area contributed by atoms with E-state index < -0.39 is 0 Å². The van der Waals surface area contributed by atoms with Crippen LogP contribution in [0, 0.1) is 10.5 Å². The molecule has 1 heterocycles. The van der Waals surface area contributed by atoms with E-state index in [9.17, 15) is 4.79 Å². The Morgan fingerprint density at radius 3 is 2.67 bits per heavy atom. The lowest BCUT2D eigenvalue weighted by molar-refractivity contribution is -0.115. The van der Waals surface area contributed by atoms with Gasteiger partial charge < -0.3 is 14.8 Å². The van der Waals surface area contributed by atoms with Gasteiger partial charge in [-0.25, -0.2) is 4.99 Å². The Hall–Kier alpha value is -2.00. The average Bonchev–Trinajstić information content (AvgIpc) is 2.96. The van der Waals surface area contributed by atoms with E-state index >= 15 is 0 Å². The lowest BCUT2D eigenvalue weighted by Gasteiger charge is -2.12. The minimum atomic E-state index is -0.158. The number of carbonyl (C=O) groups excluding carboxylic acids is 1. The van der Waals surface area contributed by atoms with Crippen molar-refractivity contribution >= 4 is 57.2 Å². The van der Waals surface area contributed by atoms with Gasteiger partial charge >= 0.3 is 0 Å². The van der Waals surface area contributed by atoms with E-state index in [4.69, 9.17) is 9.47 Å². The van der Waals surface area contributed by atoms with E-state index in [-0.39, 0.29) is 5.91 Å². The fourth-order valence-corrected chi connectivity index (χ4v) is 4.19. The van der Waals surface area contributed by atoms with Crippen LogP contribution in [-0.2, 0) is 4.79 Å². The molecule has 0 saturated carbocycles. The molecule has 27 heavy (non-hydrogen) atoms. The van der Waals surface area contributed by atoms with Crippen molar-refractivity contribution in [1.82, 2.24) is 5.32 Å². The number of carbonyl (C=O) groups is 1. The molecule has 1 aliphatic heterocycles. The molecule has 1 N–H and O–H groups in total. The first-order chi connectivity index (χ1) is 13.0. The fraction of sp³-hybridized carbons (Fsp3) is 0.200. The van der Waals surface area contributed by atoms with E-state index in [1.165, 1.54) is 17.3 Å². The summed E-state index contributed by atoms with van der Waals surface area (Å²) in [7, 11) is 1.62. The Bertz CT molecular complexity index is 924. The zero-order valence-electron chi connectivity index (χ0n) is 15.2. The first kappa shape index (κ1) is 19.8. The summed E-state index contributed by atoms with van der Waals surface area (Å²) in [5, 5.41) is 3.38. The van der Waals surface area contributed by atoms with Crippen LogP contribution >= 0.6 is 34.4 Å². The van der Waals surface area contributed by atoms with Crippen LogP contribution in [0.4, 0.5) is 5.69 Å². The highest BCUT2D eigenvalue weighted by atomic mass is 127. The van der Waals surface area contributed by atoms with Crippen molar-refractivity contribution in [2.24, 2.45) is 4.99 Å². The zero-order valence-corrected chi connectivity index (χ0v) is 18.2. The SMILES string of the molecule is CCOc1cc(/C=C2\SC(=Nc3ccc(C)cc3)NC2=O)cc(I)c1OC. The van der Waals surface area contributed by atoms with Gasteiger partial charge in [0.2, 0.25) is 0 Å². The summed E-state index contributed by atoms with van der Waals surface area (Å²) in [6.07, 6.45) is 1.84. The minimum Gasteiger partial charge on any atom is -0.492 e. The van der Waals surface area contributed by atoms with Crippen molar-refractivity contribution < 1.29 is 14.3 Å². The van der Waals surface area contributed by atoms with Crippen molar-refractivity contribution in [2.75, 3.05) is 13.7 Å². The number of aliphatic imine (C=N–C) groups is 1. The predicted octanol–water partition coefficient (Wildman–Crippen LogP) is 4.90. The van der Waals surface area contributed by atoms with Crippen LogP contribution in [0.1, 0.15) is 18.1 Å². The molecule has 1 aliphatic rings. The van der Waals surface area contributed by atoms with Crippen molar-refractivity contribution in [3.63, 3.8) is 0 Å². The van der Waals surface area contributed by atoms with Crippen LogP contribution in [0.2, 0.25) is 0 Å². The van der Waals surface area contributed by atoms with Crippen molar-refractivity contribution in [1.29, 1.82) is 0 Å². The molecule has 7 heteroatoms. The molecule has 0 aliphatic carbocycles. The molecule has 1 fully saturated rings. The van der Waals surface area contributed by atoms with Gasteiger partial charge in [-0.2, -0.15) is 0 Å².